The summed E-state index contributed by atoms with van der Waals surface area (Å²) >= 11 is 1.77. The van der Waals surface area contributed by atoms with E-state index in [1.807, 2.05) is 0 Å². The van der Waals surface area contributed by atoms with Crippen molar-refractivity contribution in [2.24, 2.45) is 0 Å². The predicted octanol–water partition coefficient (Wildman–Crippen LogP) is 3.03. The Morgan fingerprint density at radius 1 is 1.48 bits per heavy atom. The number of carbonyl (C=O) groups is 1. The summed E-state index contributed by atoms with van der Waals surface area (Å²) in [6.45, 7) is 2.82. The van der Waals surface area contributed by atoms with E-state index < -0.39 is 4.92 Å². The zero-order valence-corrected chi connectivity index (χ0v) is 13.0. The normalized spacial score (nSPS) is 15.0. The first-order valence-electron chi connectivity index (χ1n) is 6.89. The number of nitro groups is 1. The monoisotopic (exact) mass is 309 g/mol. The molecule has 1 aromatic rings. The van der Waals surface area contributed by atoms with E-state index >= 15 is 0 Å². The molecule has 0 spiro atoms. The smallest absolute Gasteiger partial charge is 0.294 e. The fourth-order valence-electron chi connectivity index (χ4n) is 2.24. The van der Waals surface area contributed by atoms with Crippen molar-refractivity contribution in [3.8, 4) is 0 Å². The SMILES string of the molecule is CSC(C)CCNc1cc2c(cc1[N+](=O)[O-])NC(=O)CC2. The van der Waals surface area contributed by atoms with Crippen molar-refractivity contribution >= 4 is 34.7 Å². The maximum atomic E-state index is 11.4. The molecule has 0 aliphatic carbocycles. The molecule has 0 bridgehead atoms. The molecule has 7 heteroatoms. The molecule has 1 atom stereocenters. The minimum atomic E-state index is -0.415. The minimum Gasteiger partial charge on any atom is -0.379 e. The van der Waals surface area contributed by atoms with Crippen LogP contribution in [0.5, 0.6) is 0 Å². The van der Waals surface area contributed by atoms with Crippen molar-refractivity contribution < 1.29 is 9.72 Å². The Kier molecular flexibility index (Phi) is 5.06. The molecule has 2 N–H and O–H groups in total. The van der Waals surface area contributed by atoms with Gasteiger partial charge in [-0.25, -0.2) is 0 Å². The number of anilines is 2. The molecule has 1 amide bonds. The standard InChI is InChI=1S/C14H19N3O3S/c1-9(21-2)5-6-15-12-7-10-3-4-14(18)16-11(10)8-13(12)17(19)20/h7-9,15H,3-6H2,1-2H3,(H,16,18). The second kappa shape index (κ2) is 6.80. The van der Waals surface area contributed by atoms with Gasteiger partial charge in [0.2, 0.25) is 5.91 Å². The van der Waals surface area contributed by atoms with Crippen LogP contribution in [0.4, 0.5) is 17.1 Å². The van der Waals surface area contributed by atoms with Crippen molar-refractivity contribution in [3.05, 3.63) is 27.8 Å². The summed E-state index contributed by atoms with van der Waals surface area (Å²) in [5.74, 6) is -0.0914. The second-order valence-electron chi connectivity index (χ2n) is 5.09. The van der Waals surface area contributed by atoms with Crippen molar-refractivity contribution in [2.45, 2.75) is 31.4 Å². The summed E-state index contributed by atoms with van der Waals surface area (Å²) in [5.41, 5.74) is 2.04. The number of hydrogen-bond donors (Lipinski definition) is 2. The van der Waals surface area contributed by atoms with Crippen LogP contribution in [0, 0.1) is 10.1 Å². The van der Waals surface area contributed by atoms with Gasteiger partial charge in [0.25, 0.3) is 5.69 Å². The van der Waals surface area contributed by atoms with Gasteiger partial charge in [0.05, 0.1) is 10.6 Å². The van der Waals surface area contributed by atoms with Gasteiger partial charge in [-0.1, -0.05) is 6.92 Å². The zero-order chi connectivity index (χ0) is 15.4. The molecule has 1 aliphatic heterocycles. The van der Waals surface area contributed by atoms with Crippen molar-refractivity contribution in [1.29, 1.82) is 0 Å². The number of amides is 1. The van der Waals surface area contributed by atoms with Gasteiger partial charge < -0.3 is 10.6 Å². The van der Waals surface area contributed by atoms with E-state index in [-0.39, 0.29) is 11.6 Å². The third kappa shape index (κ3) is 3.87. The molecule has 0 saturated heterocycles. The van der Waals surface area contributed by atoms with Crippen molar-refractivity contribution in [3.63, 3.8) is 0 Å². The predicted molar refractivity (Wildman–Crippen MR) is 86.1 cm³/mol. The van der Waals surface area contributed by atoms with Gasteiger partial charge in [-0.15, -0.1) is 0 Å². The summed E-state index contributed by atoms with van der Waals surface area (Å²) in [6.07, 6.45) is 4.03. The zero-order valence-electron chi connectivity index (χ0n) is 12.1. The van der Waals surface area contributed by atoms with Gasteiger partial charge >= 0.3 is 0 Å². The third-order valence-electron chi connectivity index (χ3n) is 3.58. The molecule has 0 fully saturated rings. The van der Waals surface area contributed by atoms with E-state index in [0.29, 0.717) is 36.0 Å². The van der Waals surface area contributed by atoms with E-state index in [2.05, 4.69) is 23.8 Å². The molecule has 1 heterocycles. The van der Waals surface area contributed by atoms with E-state index in [1.165, 1.54) is 6.07 Å². The Morgan fingerprint density at radius 2 is 2.24 bits per heavy atom. The number of nitrogens with one attached hydrogen (secondary N) is 2. The molecule has 0 aromatic heterocycles. The third-order valence-corrected chi connectivity index (χ3v) is 4.62. The Labute approximate surface area is 127 Å². The Hall–Kier alpha value is -1.76. The van der Waals surface area contributed by atoms with Gasteiger partial charge in [-0.05, 0) is 30.7 Å². The molecule has 1 unspecified atom stereocenters. The number of nitro benzene ring substituents is 1. The van der Waals surface area contributed by atoms with Crippen molar-refractivity contribution in [1.82, 2.24) is 0 Å². The minimum absolute atomic E-state index is 0.00718. The number of fused-ring (bicyclic) bond motifs is 1. The van der Waals surface area contributed by atoms with Crippen LogP contribution in [0.25, 0.3) is 0 Å². The van der Waals surface area contributed by atoms with Gasteiger partial charge in [0.15, 0.2) is 0 Å². The van der Waals surface area contributed by atoms with Gasteiger partial charge in [0.1, 0.15) is 5.69 Å². The number of thioether (sulfide) groups is 1. The molecular formula is C14H19N3O3S. The first kappa shape index (κ1) is 15.6. The second-order valence-corrected chi connectivity index (χ2v) is 6.37. The van der Waals surface area contributed by atoms with Crippen LogP contribution in [0.15, 0.2) is 12.1 Å². The van der Waals surface area contributed by atoms with Crippen LogP contribution in [0.1, 0.15) is 25.3 Å². The lowest BCUT2D eigenvalue weighted by molar-refractivity contribution is -0.383. The summed E-state index contributed by atoms with van der Waals surface area (Å²) in [4.78, 5) is 22.1. The van der Waals surface area contributed by atoms with Crippen LogP contribution in [-0.4, -0.2) is 28.9 Å². The van der Waals surface area contributed by atoms with Crippen LogP contribution in [0.3, 0.4) is 0 Å². The number of nitrogens with zero attached hydrogens (tertiary/aromatic N) is 1. The maximum Gasteiger partial charge on any atom is 0.294 e. The highest BCUT2D eigenvalue weighted by Crippen LogP contribution is 2.34. The molecule has 1 aromatic carbocycles. The Bertz CT molecular complexity index is 563. The van der Waals surface area contributed by atoms with Crippen LogP contribution in [0.2, 0.25) is 0 Å². The fourth-order valence-corrected chi connectivity index (χ4v) is 2.59. The summed E-state index contributed by atoms with van der Waals surface area (Å²) in [5, 5.41) is 17.5. The summed E-state index contributed by atoms with van der Waals surface area (Å²) in [6, 6.07) is 3.24. The van der Waals surface area contributed by atoms with E-state index in [4.69, 9.17) is 0 Å². The number of aryl methyl sites for hydroxylation is 1. The average Bonchev–Trinajstić information content (AvgIpc) is 2.46. The molecular weight excluding hydrogens is 290 g/mol. The summed E-state index contributed by atoms with van der Waals surface area (Å²) < 4.78 is 0. The van der Waals surface area contributed by atoms with E-state index in [9.17, 15) is 14.9 Å². The molecule has 114 valence electrons. The molecule has 1 aliphatic rings. The number of hydrogen-bond acceptors (Lipinski definition) is 5. The highest BCUT2D eigenvalue weighted by molar-refractivity contribution is 7.99. The van der Waals surface area contributed by atoms with Gasteiger partial charge in [-0.2, -0.15) is 11.8 Å². The number of benzene rings is 1. The van der Waals surface area contributed by atoms with Crippen molar-refractivity contribution in [2.75, 3.05) is 23.4 Å². The Morgan fingerprint density at radius 3 is 2.90 bits per heavy atom. The van der Waals surface area contributed by atoms with Gasteiger partial charge in [0, 0.05) is 24.3 Å². The largest absolute Gasteiger partial charge is 0.379 e. The topological polar surface area (TPSA) is 84.3 Å². The lowest BCUT2D eigenvalue weighted by Crippen LogP contribution is -2.19. The van der Waals surface area contributed by atoms with Crippen LogP contribution in [-0.2, 0) is 11.2 Å². The molecule has 2 rings (SSSR count). The highest BCUT2D eigenvalue weighted by atomic mass is 32.2. The Balaban J connectivity index is 2.19. The van der Waals surface area contributed by atoms with E-state index in [0.717, 1.165) is 12.0 Å². The summed E-state index contributed by atoms with van der Waals surface area (Å²) in [7, 11) is 0. The molecule has 6 nitrogen and oxygen atoms in total. The van der Waals surface area contributed by atoms with E-state index in [1.54, 1.807) is 17.8 Å². The van der Waals surface area contributed by atoms with Crippen LogP contribution < -0.4 is 10.6 Å². The number of carbonyl (C=O) groups excluding carboxylic acids is 1. The molecule has 0 radical (unpaired) electrons. The average molecular weight is 309 g/mol. The molecule has 21 heavy (non-hydrogen) atoms. The fraction of sp³-hybridized carbons (Fsp3) is 0.500. The first-order chi connectivity index (χ1) is 10.0. The first-order valence-corrected chi connectivity index (χ1v) is 8.18. The van der Waals surface area contributed by atoms with Gasteiger partial charge in [-0.3, -0.25) is 14.9 Å². The number of rotatable bonds is 6. The van der Waals surface area contributed by atoms with Crippen LogP contribution >= 0.6 is 11.8 Å². The lowest BCUT2D eigenvalue weighted by atomic mass is 10.0. The lowest BCUT2D eigenvalue weighted by Gasteiger charge is -2.18. The molecule has 0 saturated carbocycles. The maximum absolute atomic E-state index is 11.4. The highest BCUT2D eigenvalue weighted by Gasteiger charge is 2.22. The quantitative estimate of drug-likeness (QED) is 0.623.